The largest absolute Gasteiger partial charge is 0.323 e. The van der Waals surface area contributed by atoms with Crippen LogP contribution in [-0.4, -0.2) is 33.8 Å². The van der Waals surface area contributed by atoms with Gasteiger partial charge < -0.3 is 4.90 Å². The normalized spacial score (nSPS) is 9.94. The van der Waals surface area contributed by atoms with Gasteiger partial charge in [-0.3, -0.25) is 10.00 Å². The summed E-state index contributed by atoms with van der Waals surface area (Å²) < 4.78 is 1.62. The quantitative estimate of drug-likeness (QED) is 0.790. The molecule has 0 spiro atoms. The molecule has 16 heavy (non-hydrogen) atoms. The van der Waals surface area contributed by atoms with Crippen molar-refractivity contribution in [3.63, 3.8) is 0 Å². The summed E-state index contributed by atoms with van der Waals surface area (Å²) in [6.45, 7) is 8.86. The number of urea groups is 1. The summed E-state index contributed by atoms with van der Waals surface area (Å²) in [7, 11) is 1.78. The second-order valence-corrected chi connectivity index (χ2v) is 3.74. The van der Waals surface area contributed by atoms with Crippen LogP contribution in [-0.2, 0) is 7.05 Å². The van der Waals surface area contributed by atoms with Crippen LogP contribution in [0.25, 0.3) is 0 Å². The van der Waals surface area contributed by atoms with Crippen molar-refractivity contribution in [3.8, 4) is 0 Å². The van der Waals surface area contributed by atoms with Gasteiger partial charge in [-0.1, -0.05) is 12.2 Å². The molecule has 1 rings (SSSR count). The minimum atomic E-state index is -0.130. The second-order valence-electron chi connectivity index (χ2n) is 3.74. The summed E-state index contributed by atoms with van der Waals surface area (Å²) in [6, 6.07) is 1.63. The van der Waals surface area contributed by atoms with Crippen LogP contribution in [0.4, 0.5) is 10.6 Å². The summed E-state index contributed by atoms with van der Waals surface area (Å²) in [5.41, 5.74) is 0.960. The number of carbonyl (C=O) groups excluding carboxylic acids is 1. The Kier molecular flexibility index (Phi) is 4.10. The monoisotopic (exact) mass is 222 g/mol. The molecule has 0 unspecified atom stereocenters. The van der Waals surface area contributed by atoms with Gasteiger partial charge in [0.1, 0.15) is 5.82 Å². The van der Waals surface area contributed by atoms with E-state index in [-0.39, 0.29) is 6.03 Å². The molecule has 0 saturated carbocycles. The fourth-order valence-corrected chi connectivity index (χ4v) is 1.34. The third-order valence-electron chi connectivity index (χ3n) is 2.19. The molecule has 2 amide bonds. The lowest BCUT2D eigenvalue weighted by molar-refractivity contribution is 0.218. The van der Waals surface area contributed by atoms with Gasteiger partial charge in [-0.05, 0) is 13.8 Å². The third-order valence-corrected chi connectivity index (χ3v) is 2.19. The maximum absolute atomic E-state index is 11.9. The maximum Gasteiger partial charge on any atom is 0.323 e. The van der Waals surface area contributed by atoms with Crippen LogP contribution in [0.3, 0.4) is 0 Å². The van der Waals surface area contributed by atoms with Gasteiger partial charge in [-0.25, -0.2) is 4.79 Å². The molecule has 1 aromatic rings. The number of carbonyl (C=O) groups is 1. The molecule has 0 radical (unpaired) electrons. The average molecular weight is 222 g/mol. The number of nitrogens with one attached hydrogen (secondary N) is 1. The molecule has 88 valence electrons. The SMILES string of the molecule is C=C(C)CN(CC)C(=O)Nc1ccnn1C. The number of hydrogen-bond acceptors (Lipinski definition) is 2. The minimum Gasteiger partial charge on any atom is -0.321 e. The summed E-state index contributed by atoms with van der Waals surface area (Å²) >= 11 is 0. The lowest BCUT2D eigenvalue weighted by Crippen LogP contribution is -2.36. The fraction of sp³-hybridized carbons (Fsp3) is 0.455. The molecule has 0 bridgehead atoms. The molecule has 0 saturated heterocycles. The zero-order valence-corrected chi connectivity index (χ0v) is 10.0. The maximum atomic E-state index is 11.9. The van der Waals surface area contributed by atoms with E-state index < -0.39 is 0 Å². The van der Waals surface area contributed by atoms with Crippen LogP contribution in [0.15, 0.2) is 24.4 Å². The number of rotatable bonds is 4. The van der Waals surface area contributed by atoms with E-state index in [2.05, 4.69) is 17.0 Å². The second kappa shape index (κ2) is 5.34. The highest BCUT2D eigenvalue weighted by Crippen LogP contribution is 2.06. The van der Waals surface area contributed by atoms with Crippen LogP contribution in [0.5, 0.6) is 0 Å². The first-order valence-electron chi connectivity index (χ1n) is 5.23. The first-order chi connectivity index (χ1) is 7.54. The summed E-state index contributed by atoms with van der Waals surface area (Å²) in [5, 5.41) is 6.77. The molecule has 0 fully saturated rings. The molecular weight excluding hydrogens is 204 g/mol. The van der Waals surface area contributed by atoms with Crippen LogP contribution >= 0.6 is 0 Å². The highest BCUT2D eigenvalue weighted by molar-refractivity contribution is 5.88. The molecule has 0 aliphatic carbocycles. The number of anilines is 1. The predicted octanol–water partition coefficient (Wildman–Crippen LogP) is 1.85. The number of nitrogens with zero attached hydrogens (tertiary/aromatic N) is 3. The topological polar surface area (TPSA) is 50.2 Å². The van der Waals surface area contributed by atoms with E-state index in [4.69, 9.17) is 0 Å². The fourth-order valence-electron chi connectivity index (χ4n) is 1.34. The Morgan fingerprint density at radius 1 is 1.69 bits per heavy atom. The van der Waals surface area contributed by atoms with Crippen LogP contribution in [0.2, 0.25) is 0 Å². The Balaban J connectivity index is 2.63. The highest BCUT2D eigenvalue weighted by Gasteiger charge is 2.12. The Morgan fingerprint density at radius 2 is 2.38 bits per heavy atom. The zero-order valence-electron chi connectivity index (χ0n) is 10.0. The number of aryl methyl sites for hydroxylation is 1. The number of aromatic nitrogens is 2. The van der Waals surface area contributed by atoms with Crippen molar-refractivity contribution < 1.29 is 4.79 Å². The molecule has 1 aromatic heterocycles. The van der Waals surface area contributed by atoms with E-state index in [0.29, 0.717) is 18.9 Å². The van der Waals surface area contributed by atoms with E-state index in [1.54, 1.807) is 28.9 Å². The van der Waals surface area contributed by atoms with Crippen molar-refractivity contribution in [2.45, 2.75) is 13.8 Å². The molecule has 0 aliphatic heterocycles. The first-order valence-corrected chi connectivity index (χ1v) is 5.23. The van der Waals surface area contributed by atoms with Gasteiger partial charge >= 0.3 is 6.03 Å². The lowest BCUT2D eigenvalue weighted by Gasteiger charge is -2.21. The molecule has 0 aliphatic rings. The molecule has 5 heteroatoms. The summed E-state index contributed by atoms with van der Waals surface area (Å²) in [4.78, 5) is 13.6. The van der Waals surface area contributed by atoms with E-state index >= 15 is 0 Å². The van der Waals surface area contributed by atoms with Crippen molar-refractivity contribution in [3.05, 3.63) is 24.4 Å². The highest BCUT2D eigenvalue weighted by atomic mass is 16.2. The first kappa shape index (κ1) is 12.3. The predicted molar refractivity (Wildman–Crippen MR) is 64.3 cm³/mol. The Bertz CT molecular complexity index is 383. The zero-order chi connectivity index (χ0) is 12.1. The molecule has 1 N–H and O–H groups in total. The van der Waals surface area contributed by atoms with Crippen molar-refractivity contribution >= 4 is 11.8 Å². The minimum absolute atomic E-state index is 0.130. The standard InChI is InChI=1S/C11H18N4O/c1-5-15(8-9(2)3)11(16)13-10-6-7-12-14(10)4/h6-7H,2,5,8H2,1,3-4H3,(H,13,16). The van der Waals surface area contributed by atoms with Gasteiger partial charge in [-0.15, -0.1) is 0 Å². The van der Waals surface area contributed by atoms with Crippen molar-refractivity contribution in [1.29, 1.82) is 0 Å². The van der Waals surface area contributed by atoms with Crippen molar-refractivity contribution in [1.82, 2.24) is 14.7 Å². The number of amides is 2. The summed E-state index contributed by atoms with van der Waals surface area (Å²) in [6.07, 6.45) is 1.64. The molecular formula is C11H18N4O. The van der Waals surface area contributed by atoms with Gasteiger partial charge in [0.15, 0.2) is 0 Å². The van der Waals surface area contributed by atoms with Crippen LogP contribution in [0, 0.1) is 0 Å². The lowest BCUT2D eigenvalue weighted by atomic mass is 10.3. The van der Waals surface area contributed by atoms with E-state index in [9.17, 15) is 4.79 Å². The molecule has 5 nitrogen and oxygen atoms in total. The van der Waals surface area contributed by atoms with Gasteiger partial charge in [0.05, 0.1) is 6.20 Å². The summed E-state index contributed by atoms with van der Waals surface area (Å²) in [5.74, 6) is 0.685. The van der Waals surface area contributed by atoms with Crippen LogP contribution < -0.4 is 5.32 Å². The molecule has 1 heterocycles. The van der Waals surface area contributed by atoms with Crippen LogP contribution in [0.1, 0.15) is 13.8 Å². The molecule has 0 atom stereocenters. The van der Waals surface area contributed by atoms with Gasteiger partial charge in [0.25, 0.3) is 0 Å². The Morgan fingerprint density at radius 3 is 2.81 bits per heavy atom. The molecule has 0 aromatic carbocycles. The van der Waals surface area contributed by atoms with Crippen molar-refractivity contribution in [2.24, 2.45) is 7.05 Å². The average Bonchev–Trinajstić information content (AvgIpc) is 2.60. The van der Waals surface area contributed by atoms with Gasteiger partial charge in [-0.2, -0.15) is 5.10 Å². The van der Waals surface area contributed by atoms with Gasteiger partial charge in [0.2, 0.25) is 0 Å². The van der Waals surface area contributed by atoms with Crippen molar-refractivity contribution in [2.75, 3.05) is 18.4 Å². The van der Waals surface area contributed by atoms with E-state index in [1.165, 1.54) is 0 Å². The van der Waals surface area contributed by atoms with E-state index in [1.807, 2.05) is 13.8 Å². The smallest absolute Gasteiger partial charge is 0.321 e. The van der Waals surface area contributed by atoms with Gasteiger partial charge in [0, 0.05) is 26.2 Å². The Labute approximate surface area is 95.7 Å². The number of hydrogen-bond donors (Lipinski definition) is 1. The van der Waals surface area contributed by atoms with E-state index in [0.717, 1.165) is 5.57 Å². The third kappa shape index (κ3) is 3.12. The number of likely N-dealkylation sites (N-methyl/N-ethyl adjacent to an activating group) is 1. The Hall–Kier alpha value is -1.78.